The van der Waals surface area contributed by atoms with Gasteiger partial charge in [-0.15, -0.1) is 0 Å². The molecule has 0 spiro atoms. The van der Waals surface area contributed by atoms with Crippen molar-refractivity contribution in [3.63, 3.8) is 0 Å². The Morgan fingerprint density at radius 1 is 0.711 bits per heavy atom. The second-order valence-electron chi connectivity index (χ2n) is 11.0. The molecule has 0 fully saturated rings. The fraction of sp³-hybridized carbons (Fsp3) is 0.243. The molecule has 0 nitrogen and oxygen atoms in total. The molecule has 0 amide bonds. The lowest BCUT2D eigenvalue weighted by atomic mass is 9.78. The van der Waals surface area contributed by atoms with E-state index in [4.69, 9.17) is 0 Å². The molecule has 0 unspecified atom stereocenters. The Balaban J connectivity index is 1.47. The summed E-state index contributed by atoms with van der Waals surface area (Å²) in [5.74, 6) is 0. The highest BCUT2D eigenvalue weighted by molar-refractivity contribution is 7.99. The molecule has 0 N–H and O–H groups in total. The first-order valence-corrected chi connectivity index (χ1v) is 14.3. The van der Waals surface area contributed by atoms with Gasteiger partial charge in [-0.3, -0.25) is 0 Å². The van der Waals surface area contributed by atoms with E-state index in [-0.39, 0.29) is 5.41 Å². The summed E-state index contributed by atoms with van der Waals surface area (Å²) in [5.41, 5.74) is 12.9. The van der Waals surface area contributed by atoms with Crippen LogP contribution in [0.2, 0.25) is 0 Å². The van der Waals surface area contributed by atoms with E-state index in [9.17, 15) is 0 Å². The number of benzene rings is 4. The third kappa shape index (κ3) is 6.22. The molecule has 0 aliphatic carbocycles. The van der Waals surface area contributed by atoms with E-state index in [0.717, 1.165) is 12.0 Å². The Hall–Kier alpha value is -3.29. The summed E-state index contributed by atoms with van der Waals surface area (Å²) in [6.45, 7) is 19.4. The first-order chi connectivity index (χ1) is 18.1. The van der Waals surface area contributed by atoms with Crippen LogP contribution in [0.3, 0.4) is 0 Å². The standard InChI is InChI=1S/C37H40S/c1-9-26(4)36-24-34(18-10-27(36)5)38-33-19-16-32(17-20-33)37(7,8)31-14-11-29(12-15-31)23-30-13-21-35(25(2)3)28(6)22-30/h9-22,24H,2,23H2,1,3-8H3/b26-9-. The summed E-state index contributed by atoms with van der Waals surface area (Å²) in [6.07, 6.45) is 3.13. The van der Waals surface area contributed by atoms with Gasteiger partial charge in [-0.25, -0.2) is 0 Å². The van der Waals surface area contributed by atoms with E-state index in [0.29, 0.717) is 0 Å². The minimum atomic E-state index is -0.0679. The van der Waals surface area contributed by atoms with Gasteiger partial charge in [0.25, 0.3) is 0 Å². The first-order valence-electron chi connectivity index (χ1n) is 13.5. The quantitative estimate of drug-likeness (QED) is 0.224. The third-order valence-corrected chi connectivity index (χ3v) is 8.71. The maximum absolute atomic E-state index is 4.09. The van der Waals surface area contributed by atoms with E-state index in [2.05, 4.69) is 146 Å². The maximum Gasteiger partial charge on any atom is 0.0146 e. The Morgan fingerprint density at radius 2 is 1.29 bits per heavy atom. The average Bonchev–Trinajstić information content (AvgIpc) is 2.90. The molecule has 1 heteroatoms. The molecule has 0 aromatic heterocycles. The van der Waals surface area contributed by atoms with Gasteiger partial charge in [0, 0.05) is 15.2 Å². The lowest BCUT2D eigenvalue weighted by Crippen LogP contribution is -2.18. The second-order valence-corrected chi connectivity index (χ2v) is 12.2. The van der Waals surface area contributed by atoms with Gasteiger partial charge in [0.05, 0.1) is 0 Å². The number of hydrogen-bond donors (Lipinski definition) is 0. The number of rotatable bonds is 8. The van der Waals surface area contributed by atoms with Gasteiger partial charge in [-0.2, -0.15) is 0 Å². The van der Waals surface area contributed by atoms with Gasteiger partial charge in [-0.1, -0.05) is 105 Å². The first kappa shape index (κ1) is 27.7. The van der Waals surface area contributed by atoms with Gasteiger partial charge in [0.2, 0.25) is 0 Å². The topological polar surface area (TPSA) is 0 Å². The van der Waals surface area contributed by atoms with Gasteiger partial charge in [0.15, 0.2) is 0 Å². The summed E-state index contributed by atoms with van der Waals surface area (Å²) in [7, 11) is 0. The van der Waals surface area contributed by atoms with E-state index in [1.165, 1.54) is 59.9 Å². The third-order valence-electron chi connectivity index (χ3n) is 7.71. The zero-order valence-electron chi connectivity index (χ0n) is 24.0. The predicted octanol–water partition coefficient (Wildman–Crippen LogP) is 10.8. The summed E-state index contributed by atoms with van der Waals surface area (Å²) in [4.78, 5) is 2.54. The van der Waals surface area contributed by atoms with Crippen molar-refractivity contribution in [2.24, 2.45) is 0 Å². The minimum Gasteiger partial charge on any atom is -0.0955 e. The number of allylic oxidation sites excluding steroid dienone is 3. The molecule has 0 bridgehead atoms. The monoisotopic (exact) mass is 516 g/mol. The molecule has 0 radical (unpaired) electrons. The van der Waals surface area contributed by atoms with Crippen LogP contribution < -0.4 is 0 Å². The van der Waals surface area contributed by atoms with Crippen LogP contribution in [0.15, 0.2) is 107 Å². The lowest BCUT2D eigenvalue weighted by molar-refractivity contribution is 0.640. The summed E-state index contributed by atoms with van der Waals surface area (Å²) < 4.78 is 0. The fourth-order valence-corrected chi connectivity index (χ4v) is 5.93. The SMILES string of the molecule is C=C(C)c1ccc(Cc2ccc(C(C)(C)c3ccc(Sc4ccc(C)c(/C(C)=C\C)c4)cc3)cc2)cc1C. The van der Waals surface area contributed by atoms with Crippen LogP contribution in [0.4, 0.5) is 0 Å². The highest BCUT2D eigenvalue weighted by Crippen LogP contribution is 2.35. The largest absolute Gasteiger partial charge is 0.0955 e. The maximum atomic E-state index is 4.09. The molecule has 0 aliphatic heterocycles. The molecule has 194 valence electrons. The second kappa shape index (κ2) is 11.6. The molecule has 0 saturated carbocycles. The average molecular weight is 517 g/mol. The van der Waals surface area contributed by atoms with Crippen molar-refractivity contribution < 1.29 is 0 Å². The summed E-state index contributed by atoms with van der Waals surface area (Å²) in [5, 5.41) is 0. The van der Waals surface area contributed by atoms with Crippen LogP contribution in [-0.2, 0) is 11.8 Å². The van der Waals surface area contributed by atoms with Gasteiger partial charge < -0.3 is 0 Å². The van der Waals surface area contributed by atoms with Crippen molar-refractivity contribution in [2.45, 2.75) is 70.1 Å². The van der Waals surface area contributed by atoms with E-state index in [1.54, 1.807) is 0 Å². The van der Waals surface area contributed by atoms with Crippen LogP contribution >= 0.6 is 11.8 Å². The summed E-state index contributed by atoms with van der Waals surface area (Å²) >= 11 is 1.83. The summed E-state index contributed by atoms with van der Waals surface area (Å²) in [6, 6.07) is 31.7. The fourth-order valence-electron chi connectivity index (χ4n) is 5.08. The van der Waals surface area contributed by atoms with Gasteiger partial charge in [0.1, 0.15) is 0 Å². The Kier molecular flexibility index (Phi) is 8.48. The number of hydrogen-bond acceptors (Lipinski definition) is 1. The molecule has 0 aliphatic rings. The van der Waals surface area contributed by atoms with Crippen LogP contribution in [0, 0.1) is 13.8 Å². The molecule has 38 heavy (non-hydrogen) atoms. The van der Waals surface area contributed by atoms with Crippen molar-refractivity contribution in [1.29, 1.82) is 0 Å². The molecule has 0 saturated heterocycles. The van der Waals surface area contributed by atoms with E-state index in [1.807, 2.05) is 11.8 Å². The minimum absolute atomic E-state index is 0.0679. The van der Waals surface area contributed by atoms with E-state index >= 15 is 0 Å². The van der Waals surface area contributed by atoms with Crippen molar-refractivity contribution in [2.75, 3.05) is 0 Å². The normalized spacial score (nSPS) is 12.0. The van der Waals surface area contributed by atoms with Crippen molar-refractivity contribution in [1.82, 2.24) is 0 Å². The zero-order chi connectivity index (χ0) is 27.4. The Bertz CT molecular complexity index is 1460. The van der Waals surface area contributed by atoms with E-state index < -0.39 is 0 Å². The highest BCUT2D eigenvalue weighted by atomic mass is 32.2. The highest BCUT2D eigenvalue weighted by Gasteiger charge is 2.23. The Labute approximate surface area is 234 Å². The number of aryl methyl sites for hydroxylation is 2. The molecule has 0 atom stereocenters. The van der Waals surface area contributed by atoms with Crippen LogP contribution in [-0.4, -0.2) is 0 Å². The van der Waals surface area contributed by atoms with Crippen LogP contribution in [0.1, 0.15) is 79.1 Å². The van der Waals surface area contributed by atoms with Crippen molar-refractivity contribution in [3.8, 4) is 0 Å². The smallest absolute Gasteiger partial charge is 0.0146 e. The van der Waals surface area contributed by atoms with Crippen LogP contribution in [0.5, 0.6) is 0 Å². The van der Waals surface area contributed by atoms with Crippen LogP contribution in [0.25, 0.3) is 11.1 Å². The van der Waals surface area contributed by atoms with Crippen molar-refractivity contribution >= 4 is 22.9 Å². The predicted molar refractivity (Wildman–Crippen MR) is 168 cm³/mol. The molecule has 4 aromatic carbocycles. The lowest BCUT2D eigenvalue weighted by Gasteiger charge is -2.26. The van der Waals surface area contributed by atoms with Gasteiger partial charge in [-0.05, 0) is 115 Å². The van der Waals surface area contributed by atoms with Gasteiger partial charge >= 0.3 is 0 Å². The molecular formula is C37H40S. The Morgan fingerprint density at radius 3 is 1.87 bits per heavy atom. The molecular weight excluding hydrogens is 476 g/mol. The molecule has 4 aromatic rings. The van der Waals surface area contributed by atoms with Crippen molar-refractivity contribution in [3.05, 3.63) is 142 Å². The molecule has 0 heterocycles. The zero-order valence-corrected chi connectivity index (χ0v) is 24.8. The molecule has 4 rings (SSSR count).